The number of H-pyrrole nitrogens is 1. The summed E-state index contributed by atoms with van der Waals surface area (Å²) in [6.45, 7) is 5.58. The van der Waals surface area contributed by atoms with Gasteiger partial charge in [-0.25, -0.2) is 14.4 Å². The summed E-state index contributed by atoms with van der Waals surface area (Å²) in [5, 5.41) is 17.1. The molecule has 0 fully saturated rings. The molecule has 9 heteroatoms. The summed E-state index contributed by atoms with van der Waals surface area (Å²) in [5.41, 5.74) is 0.822. The number of aromatic amines is 1. The summed E-state index contributed by atoms with van der Waals surface area (Å²) in [4.78, 5) is 39.7. The lowest BCUT2D eigenvalue weighted by Crippen LogP contribution is -2.33. The number of hydrogen-bond donors (Lipinski definition) is 2. The van der Waals surface area contributed by atoms with Gasteiger partial charge in [0, 0.05) is 18.4 Å². The first-order chi connectivity index (χ1) is 15.7. The molecule has 2 heterocycles. The number of benzene rings is 2. The van der Waals surface area contributed by atoms with E-state index < -0.39 is 23.2 Å². The van der Waals surface area contributed by atoms with Crippen LogP contribution in [0.4, 0.5) is 0 Å². The van der Waals surface area contributed by atoms with Crippen molar-refractivity contribution in [1.29, 1.82) is 0 Å². The maximum atomic E-state index is 12.7. The van der Waals surface area contributed by atoms with Crippen LogP contribution in [0.25, 0.3) is 5.69 Å². The first-order valence-corrected chi connectivity index (χ1v) is 10.9. The van der Waals surface area contributed by atoms with Crippen molar-refractivity contribution in [2.24, 2.45) is 5.10 Å². The van der Waals surface area contributed by atoms with Gasteiger partial charge in [-0.2, -0.15) is 5.10 Å². The number of carbonyl (C=O) groups excluding carboxylic acids is 1. The van der Waals surface area contributed by atoms with Crippen LogP contribution in [0.3, 0.4) is 0 Å². The number of nitrogens with zero attached hydrogens (tertiary/aromatic N) is 3. The number of amides is 1. The average Bonchev–Trinajstić information content (AvgIpc) is 3.20. The highest BCUT2D eigenvalue weighted by Gasteiger charge is 2.34. The zero-order valence-corrected chi connectivity index (χ0v) is 19.1. The summed E-state index contributed by atoms with van der Waals surface area (Å²) in [6.07, 6.45) is 0.204. The standard InChI is InChI=1S/C24H23ClN4O4/c1-13(2)15-4-6-16(7-5-15)20-12-19(27-29(20)14(3)30)21-22(31)26-24(33)28(23(21)32)18-10-8-17(25)9-11-18/h4-11,13,20,32H,12H2,1-3H3,(H,26,31,33)/t20-/m0/s1. The Kier molecular flexibility index (Phi) is 5.95. The van der Waals surface area contributed by atoms with Gasteiger partial charge in [0.25, 0.3) is 5.56 Å². The quantitative estimate of drug-likeness (QED) is 0.611. The van der Waals surface area contributed by atoms with Crippen LogP contribution in [-0.2, 0) is 4.79 Å². The van der Waals surface area contributed by atoms with Crippen molar-refractivity contribution in [1.82, 2.24) is 14.6 Å². The Morgan fingerprint density at radius 3 is 2.33 bits per heavy atom. The molecule has 2 aromatic carbocycles. The van der Waals surface area contributed by atoms with Crippen LogP contribution in [0.5, 0.6) is 5.88 Å². The molecule has 0 aliphatic carbocycles. The Hall–Kier alpha value is -3.65. The molecule has 1 aliphatic rings. The third kappa shape index (κ3) is 4.21. The third-order valence-electron chi connectivity index (χ3n) is 5.68. The molecule has 0 radical (unpaired) electrons. The topological polar surface area (TPSA) is 108 Å². The third-order valence-corrected chi connectivity index (χ3v) is 5.93. The molecule has 0 spiro atoms. The highest BCUT2D eigenvalue weighted by molar-refractivity contribution is 6.30. The lowest BCUT2D eigenvalue weighted by atomic mass is 9.96. The second kappa shape index (κ2) is 8.71. The van der Waals surface area contributed by atoms with Gasteiger partial charge in [-0.15, -0.1) is 0 Å². The van der Waals surface area contributed by atoms with Gasteiger partial charge >= 0.3 is 5.69 Å². The van der Waals surface area contributed by atoms with Crippen LogP contribution in [-0.4, -0.2) is 31.3 Å². The smallest absolute Gasteiger partial charge is 0.335 e. The van der Waals surface area contributed by atoms with E-state index in [1.807, 2.05) is 24.3 Å². The highest BCUT2D eigenvalue weighted by atomic mass is 35.5. The van der Waals surface area contributed by atoms with Crippen LogP contribution in [0.1, 0.15) is 55.8 Å². The van der Waals surface area contributed by atoms with E-state index in [4.69, 9.17) is 11.6 Å². The van der Waals surface area contributed by atoms with Crippen molar-refractivity contribution in [3.63, 3.8) is 0 Å². The van der Waals surface area contributed by atoms with Gasteiger partial charge in [-0.05, 0) is 41.3 Å². The monoisotopic (exact) mass is 466 g/mol. The number of carbonyl (C=O) groups is 1. The Morgan fingerprint density at radius 2 is 1.76 bits per heavy atom. The number of halogens is 1. The molecule has 1 amide bonds. The molecule has 33 heavy (non-hydrogen) atoms. The molecular formula is C24H23ClN4O4. The van der Waals surface area contributed by atoms with Crippen molar-refractivity contribution in [3.8, 4) is 11.6 Å². The number of nitrogens with one attached hydrogen (secondary N) is 1. The van der Waals surface area contributed by atoms with Gasteiger partial charge in [0.2, 0.25) is 11.8 Å². The van der Waals surface area contributed by atoms with E-state index in [-0.39, 0.29) is 23.6 Å². The molecule has 4 rings (SSSR count). The predicted octanol–water partition coefficient (Wildman–Crippen LogP) is 3.71. The van der Waals surface area contributed by atoms with E-state index in [1.165, 1.54) is 11.9 Å². The van der Waals surface area contributed by atoms with E-state index in [0.29, 0.717) is 16.6 Å². The van der Waals surface area contributed by atoms with E-state index in [1.54, 1.807) is 24.3 Å². The molecule has 0 bridgehead atoms. The minimum atomic E-state index is -0.800. The fraction of sp³-hybridized carbons (Fsp3) is 0.250. The summed E-state index contributed by atoms with van der Waals surface area (Å²) < 4.78 is 0.971. The number of aromatic nitrogens is 2. The number of aromatic hydroxyl groups is 1. The molecule has 8 nitrogen and oxygen atoms in total. The Balaban J connectivity index is 1.79. The zero-order valence-electron chi connectivity index (χ0n) is 18.4. The maximum Gasteiger partial charge on any atom is 0.335 e. The van der Waals surface area contributed by atoms with Crippen molar-refractivity contribution in [3.05, 3.63) is 91.1 Å². The molecule has 3 aromatic rings. The summed E-state index contributed by atoms with van der Waals surface area (Å²) in [5.74, 6) is -0.489. The van der Waals surface area contributed by atoms with Gasteiger partial charge in [0.15, 0.2) is 0 Å². The Morgan fingerprint density at radius 1 is 1.12 bits per heavy atom. The lowest BCUT2D eigenvalue weighted by Gasteiger charge is -2.21. The normalized spacial score (nSPS) is 15.7. The minimum absolute atomic E-state index is 0.155. The minimum Gasteiger partial charge on any atom is -0.493 e. The van der Waals surface area contributed by atoms with Crippen LogP contribution in [0.2, 0.25) is 5.02 Å². The summed E-state index contributed by atoms with van der Waals surface area (Å²) in [7, 11) is 0. The zero-order chi connectivity index (χ0) is 23.9. The van der Waals surface area contributed by atoms with E-state index in [0.717, 1.165) is 15.7 Å². The highest BCUT2D eigenvalue weighted by Crippen LogP contribution is 2.34. The predicted molar refractivity (Wildman–Crippen MR) is 126 cm³/mol. The largest absolute Gasteiger partial charge is 0.493 e. The van der Waals surface area contributed by atoms with Crippen LogP contribution in [0.15, 0.2) is 63.2 Å². The van der Waals surface area contributed by atoms with Crippen molar-refractivity contribution < 1.29 is 9.90 Å². The second-order valence-corrected chi connectivity index (χ2v) is 8.66. The van der Waals surface area contributed by atoms with Crippen LogP contribution >= 0.6 is 11.6 Å². The van der Waals surface area contributed by atoms with Crippen molar-refractivity contribution in [2.75, 3.05) is 0 Å². The second-order valence-electron chi connectivity index (χ2n) is 8.22. The molecule has 0 saturated carbocycles. The van der Waals surface area contributed by atoms with Gasteiger partial charge in [-0.3, -0.25) is 14.6 Å². The van der Waals surface area contributed by atoms with Gasteiger partial charge in [0.05, 0.1) is 17.4 Å². The van der Waals surface area contributed by atoms with Crippen LogP contribution < -0.4 is 11.2 Å². The van der Waals surface area contributed by atoms with Gasteiger partial charge in [0.1, 0.15) is 5.56 Å². The summed E-state index contributed by atoms with van der Waals surface area (Å²) in [6, 6.07) is 13.7. The summed E-state index contributed by atoms with van der Waals surface area (Å²) >= 11 is 5.92. The van der Waals surface area contributed by atoms with Gasteiger partial charge in [-0.1, -0.05) is 49.7 Å². The lowest BCUT2D eigenvalue weighted by molar-refractivity contribution is -0.130. The number of hydrazone groups is 1. The fourth-order valence-electron chi connectivity index (χ4n) is 3.93. The molecular weight excluding hydrogens is 444 g/mol. The van der Waals surface area contributed by atoms with E-state index in [9.17, 15) is 19.5 Å². The Bertz CT molecular complexity index is 1360. The SMILES string of the molecule is CC(=O)N1N=C(c2c(O)n(-c3ccc(Cl)cc3)c(=O)[nH]c2=O)C[C@H]1c1ccc(C(C)C)cc1. The molecule has 0 saturated heterocycles. The van der Waals surface area contributed by atoms with E-state index in [2.05, 4.69) is 23.9 Å². The first-order valence-electron chi connectivity index (χ1n) is 10.5. The number of rotatable bonds is 4. The Labute approximate surface area is 194 Å². The molecule has 1 atom stereocenters. The molecule has 170 valence electrons. The fourth-order valence-corrected chi connectivity index (χ4v) is 4.06. The van der Waals surface area contributed by atoms with Gasteiger partial charge < -0.3 is 5.11 Å². The van der Waals surface area contributed by atoms with Crippen molar-refractivity contribution >= 4 is 23.2 Å². The van der Waals surface area contributed by atoms with Crippen LogP contribution in [0, 0.1) is 0 Å². The molecule has 0 unspecified atom stereocenters. The maximum absolute atomic E-state index is 12.7. The van der Waals surface area contributed by atoms with Crippen molar-refractivity contribution in [2.45, 2.75) is 39.2 Å². The molecule has 1 aromatic heterocycles. The first kappa shape index (κ1) is 22.5. The molecule has 1 aliphatic heterocycles. The average molecular weight is 467 g/mol. The number of hydrogen-bond acceptors (Lipinski definition) is 5. The van der Waals surface area contributed by atoms with E-state index >= 15 is 0 Å². The molecule has 2 N–H and O–H groups in total.